The number of urea groups is 1. The normalized spacial score (nSPS) is 15.7. The minimum atomic E-state index is -0.435. The molecule has 3 aromatic rings. The lowest BCUT2D eigenvalue weighted by atomic mass is 10.1. The van der Waals surface area contributed by atoms with E-state index >= 15 is 0 Å². The summed E-state index contributed by atoms with van der Waals surface area (Å²) in [4.78, 5) is 41.9. The fourth-order valence-electron chi connectivity index (χ4n) is 4.35. The molecule has 0 radical (unpaired) electrons. The van der Waals surface area contributed by atoms with Gasteiger partial charge in [-0.3, -0.25) is 14.6 Å². The maximum Gasteiger partial charge on any atom is 0.330 e. The summed E-state index contributed by atoms with van der Waals surface area (Å²) < 4.78 is 10.7. The summed E-state index contributed by atoms with van der Waals surface area (Å²) in [6.07, 6.45) is 2.47. The van der Waals surface area contributed by atoms with Crippen LogP contribution in [-0.2, 0) is 11.3 Å². The number of aromatic nitrogens is 2. The predicted molar refractivity (Wildman–Crippen MR) is 161 cm³/mol. The smallest absolute Gasteiger partial charge is 0.330 e. The average molecular weight is 610 g/mol. The summed E-state index contributed by atoms with van der Waals surface area (Å²) in [5.41, 5.74) is 2.44. The van der Waals surface area contributed by atoms with Crippen LogP contribution in [0.25, 0.3) is 0 Å². The van der Waals surface area contributed by atoms with Gasteiger partial charge in [0.25, 0.3) is 0 Å². The number of amidine groups is 1. The van der Waals surface area contributed by atoms with Crippen molar-refractivity contribution in [1.82, 2.24) is 9.97 Å². The summed E-state index contributed by atoms with van der Waals surface area (Å²) in [6, 6.07) is 6.33. The van der Waals surface area contributed by atoms with Gasteiger partial charge in [-0.1, -0.05) is 29.8 Å². The molecule has 1 unspecified atom stereocenters. The summed E-state index contributed by atoms with van der Waals surface area (Å²) >= 11 is 13.2. The number of rotatable bonds is 8. The quantitative estimate of drug-likeness (QED) is 0.307. The number of azo groups is 1. The Balaban J connectivity index is 1.47. The van der Waals surface area contributed by atoms with E-state index < -0.39 is 11.9 Å². The molecule has 5 rings (SSSR count). The largest absolute Gasteiger partial charge is 0.495 e. The molecule has 2 aromatic carbocycles. The zero-order valence-corrected chi connectivity index (χ0v) is 24.5. The molecule has 1 aromatic heterocycles. The van der Waals surface area contributed by atoms with E-state index in [-0.39, 0.29) is 34.4 Å². The first kappa shape index (κ1) is 28.8. The Kier molecular flexibility index (Phi) is 7.96. The van der Waals surface area contributed by atoms with Crippen LogP contribution in [0.1, 0.15) is 18.1 Å². The molecule has 42 heavy (non-hydrogen) atoms. The summed E-state index contributed by atoms with van der Waals surface area (Å²) in [7, 11) is 4.48. The molecular formula is C27H25Cl2N9O4. The second kappa shape index (κ2) is 11.6. The molecule has 0 aliphatic carbocycles. The number of nitrogens with one attached hydrogen (secondary N) is 2. The Morgan fingerprint density at radius 1 is 1.14 bits per heavy atom. The standard InChI is InChI=1S/C27H25Cl2N9O4/c1-6-20(39)32-17-9-14(24-31-13(2)35-36-24)7-8-16(17)33-26-30-11-15-12-38(27(40)37(3)25(15)34-26)23-21(28)18(41-4)10-19(42-5)22(23)29/h6-11,13H,1,12H2,2-5H3,(H,32,39)(H,30,33,34). The molecule has 13 nitrogen and oxygen atoms in total. The minimum absolute atomic E-state index is 0.0823. The van der Waals surface area contributed by atoms with E-state index in [0.717, 1.165) is 6.08 Å². The van der Waals surface area contributed by atoms with Crippen LogP contribution in [0.15, 0.2) is 58.3 Å². The second-order valence-corrected chi connectivity index (χ2v) is 9.86. The number of aliphatic imine (C=N–C) groups is 1. The summed E-state index contributed by atoms with van der Waals surface area (Å²) in [6.45, 7) is 5.42. The number of carbonyl (C=O) groups is 2. The summed E-state index contributed by atoms with van der Waals surface area (Å²) in [5.74, 6) is 1.20. The Morgan fingerprint density at radius 2 is 1.86 bits per heavy atom. The van der Waals surface area contributed by atoms with Gasteiger partial charge in [-0.05, 0) is 31.2 Å². The Morgan fingerprint density at radius 3 is 2.48 bits per heavy atom. The van der Waals surface area contributed by atoms with Gasteiger partial charge in [0.1, 0.15) is 27.4 Å². The van der Waals surface area contributed by atoms with Crippen molar-refractivity contribution in [3.63, 3.8) is 0 Å². The first-order valence-electron chi connectivity index (χ1n) is 12.5. The van der Waals surface area contributed by atoms with Crippen LogP contribution < -0.4 is 29.9 Å². The summed E-state index contributed by atoms with van der Waals surface area (Å²) in [5, 5.41) is 14.3. The van der Waals surface area contributed by atoms with Gasteiger partial charge in [0.15, 0.2) is 12.0 Å². The number of halogens is 2. The SMILES string of the molecule is C=CC(=O)Nc1cc(C2=NC(C)N=N2)ccc1Nc1ncc2c(n1)N(C)C(=O)N(c1c(Cl)c(OC)cc(OC)c1Cl)C2. The van der Waals surface area contributed by atoms with Crippen LogP contribution in [0.3, 0.4) is 0 Å². The molecule has 0 saturated heterocycles. The molecule has 2 aliphatic rings. The van der Waals surface area contributed by atoms with Gasteiger partial charge in [-0.15, -0.1) is 5.11 Å². The molecule has 0 spiro atoms. The van der Waals surface area contributed by atoms with Gasteiger partial charge in [-0.2, -0.15) is 10.1 Å². The van der Waals surface area contributed by atoms with E-state index in [4.69, 9.17) is 32.7 Å². The molecule has 0 fully saturated rings. The topological polar surface area (TPSA) is 146 Å². The molecule has 3 heterocycles. The van der Waals surface area contributed by atoms with Crippen molar-refractivity contribution in [1.29, 1.82) is 0 Å². The Hall–Kier alpha value is -4.75. The highest BCUT2D eigenvalue weighted by atomic mass is 35.5. The van der Waals surface area contributed by atoms with E-state index in [2.05, 4.69) is 42.4 Å². The van der Waals surface area contributed by atoms with Crippen molar-refractivity contribution < 1.29 is 19.1 Å². The molecule has 2 N–H and O–H groups in total. The molecular weight excluding hydrogens is 585 g/mol. The van der Waals surface area contributed by atoms with Crippen LogP contribution in [0.4, 0.5) is 33.6 Å². The number of carbonyl (C=O) groups excluding carboxylic acids is 2. The Bertz CT molecular complexity index is 1650. The van der Waals surface area contributed by atoms with E-state index in [0.29, 0.717) is 45.7 Å². The predicted octanol–water partition coefficient (Wildman–Crippen LogP) is 5.80. The molecule has 0 bridgehead atoms. The number of benzene rings is 2. The van der Waals surface area contributed by atoms with Crippen LogP contribution in [0, 0.1) is 0 Å². The number of hydrogen-bond donors (Lipinski definition) is 2. The van der Waals surface area contributed by atoms with Crippen molar-refractivity contribution in [2.24, 2.45) is 15.2 Å². The lowest BCUT2D eigenvalue weighted by Crippen LogP contribution is -2.46. The van der Waals surface area contributed by atoms with Gasteiger partial charge in [0.05, 0.1) is 37.8 Å². The van der Waals surface area contributed by atoms with E-state index in [1.54, 1.807) is 37.5 Å². The maximum absolute atomic E-state index is 13.5. The average Bonchev–Trinajstić information content (AvgIpc) is 3.43. The number of hydrogen-bond acceptors (Lipinski definition) is 10. The first-order valence-corrected chi connectivity index (χ1v) is 13.2. The lowest BCUT2D eigenvalue weighted by Gasteiger charge is -2.35. The highest BCUT2D eigenvalue weighted by molar-refractivity contribution is 6.42. The van der Waals surface area contributed by atoms with Crippen LogP contribution in [0.2, 0.25) is 10.0 Å². The van der Waals surface area contributed by atoms with E-state index in [9.17, 15) is 9.59 Å². The van der Waals surface area contributed by atoms with Gasteiger partial charge in [0, 0.05) is 30.4 Å². The molecule has 3 amide bonds. The zero-order chi connectivity index (χ0) is 30.1. The maximum atomic E-state index is 13.5. The number of methoxy groups -OCH3 is 2. The minimum Gasteiger partial charge on any atom is -0.495 e. The van der Waals surface area contributed by atoms with Crippen LogP contribution in [0.5, 0.6) is 11.5 Å². The van der Waals surface area contributed by atoms with Crippen LogP contribution >= 0.6 is 23.2 Å². The molecule has 1 atom stereocenters. The Labute approximate surface area is 250 Å². The number of anilines is 5. The third-order valence-electron chi connectivity index (χ3n) is 6.42. The monoisotopic (exact) mass is 609 g/mol. The van der Waals surface area contributed by atoms with Gasteiger partial charge in [-0.25, -0.2) is 14.8 Å². The third-order valence-corrected chi connectivity index (χ3v) is 7.15. The second-order valence-electron chi connectivity index (χ2n) is 9.11. The van der Waals surface area contributed by atoms with Crippen molar-refractivity contribution in [2.45, 2.75) is 19.6 Å². The molecule has 15 heteroatoms. The molecule has 2 aliphatic heterocycles. The first-order chi connectivity index (χ1) is 20.1. The van der Waals surface area contributed by atoms with Crippen molar-refractivity contribution in [3.05, 3.63) is 64.3 Å². The van der Waals surface area contributed by atoms with Crippen molar-refractivity contribution in [3.8, 4) is 11.5 Å². The van der Waals surface area contributed by atoms with Gasteiger partial charge >= 0.3 is 6.03 Å². The number of ether oxygens (including phenoxy) is 2. The highest BCUT2D eigenvalue weighted by Crippen LogP contribution is 2.47. The van der Waals surface area contributed by atoms with Gasteiger partial charge < -0.3 is 20.1 Å². The van der Waals surface area contributed by atoms with E-state index in [1.807, 2.05) is 6.92 Å². The van der Waals surface area contributed by atoms with Crippen molar-refractivity contribution >= 4 is 69.8 Å². The molecule has 0 saturated carbocycles. The zero-order valence-electron chi connectivity index (χ0n) is 23.0. The molecule has 216 valence electrons. The van der Waals surface area contributed by atoms with Crippen LogP contribution in [-0.4, -0.2) is 55.2 Å². The number of nitrogens with zero attached hydrogens (tertiary/aromatic N) is 7. The number of fused-ring (bicyclic) bond motifs is 1. The highest BCUT2D eigenvalue weighted by Gasteiger charge is 2.35. The fourth-order valence-corrected chi connectivity index (χ4v) is 5.06. The lowest BCUT2D eigenvalue weighted by molar-refractivity contribution is -0.111. The van der Waals surface area contributed by atoms with E-state index in [1.165, 1.54) is 24.0 Å². The third kappa shape index (κ3) is 5.31. The van der Waals surface area contributed by atoms with Crippen molar-refractivity contribution in [2.75, 3.05) is 41.7 Å². The number of amides is 3. The fraction of sp³-hybridized carbons (Fsp3) is 0.222. The van der Waals surface area contributed by atoms with Gasteiger partial charge in [0.2, 0.25) is 11.9 Å².